The van der Waals surface area contributed by atoms with E-state index in [1.54, 1.807) is 38.3 Å². The van der Waals surface area contributed by atoms with E-state index in [2.05, 4.69) is 5.32 Å². The number of hydrogen-bond acceptors (Lipinski definition) is 5. The summed E-state index contributed by atoms with van der Waals surface area (Å²) in [6.45, 7) is 2.50. The van der Waals surface area contributed by atoms with Gasteiger partial charge in [0.1, 0.15) is 0 Å². The number of thioether (sulfide) groups is 1. The third-order valence-corrected chi connectivity index (χ3v) is 6.92. The molecule has 2 amide bonds. The summed E-state index contributed by atoms with van der Waals surface area (Å²) in [6, 6.07) is 19.2. The molecule has 3 aromatic carbocycles. The number of likely N-dealkylation sites (N-methyl/N-ethyl adjacent to an activating group) is 1. The van der Waals surface area contributed by atoms with Gasteiger partial charge in [-0.2, -0.15) is 0 Å². The van der Waals surface area contributed by atoms with Crippen LogP contribution in [-0.4, -0.2) is 39.6 Å². The molecule has 0 saturated carbocycles. The van der Waals surface area contributed by atoms with Gasteiger partial charge >= 0.3 is 0 Å². The van der Waals surface area contributed by atoms with Crippen LogP contribution in [0.25, 0.3) is 6.08 Å². The Labute approximate surface area is 209 Å². The third-order valence-electron chi connectivity index (χ3n) is 5.84. The highest BCUT2D eigenvalue weighted by molar-refractivity contribution is 8.04. The number of aryl methyl sites for hydroxylation is 1. The predicted octanol–water partition coefficient (Wildman–Crippen LogP) is 5.09. The average molecular weight is 489 g/mol. The second kappa shape index (κ2) is 10.7. The second-order valence-electron chi connectivity index (χ2n) is 8.26. The van der Waals surface area contributed by atoms with E-state index in [4.69, 9.17) is 9.47 Å². The fourth-order valence-corrected chi connectivity index (χ4v) is 4.90. The summed E-state index contributed by atoms with van der Waals surface area (Å²) in [4.78, 5) is 29.0. The first-order valence-corrected chi connectivity index (χ1v) is 12.1. The highest BCUT2D eigenvalue weighted by atomic mass is 32.2. The van der Waals surface area contributed by atoms with Crippen molar-refractivity contribution in [1.29, 1.82) is 0 Å². The average Bonchev–Trinajstić information content (AvgIpc) is 2.88. The molecule has 0 aromatic heterocycles. The van der Waals surface area contributed by atoms with Gasteiger partial charge in [-0.3, -0.25) is 9.59 Å². The Hall–Kier alpha value is -3.71. The van der Waals surface area contributed by atoms with Gasteiger partial charge in [0, 0.05) is 24.1 Å². The molecule has 0 bridgehead atoms. The Morgan fingerprint density at radius 2 is 1.74 bits per heavy atom. The van der Waals surface area contributed by atoms with Crippen molar-refractivity contribution in [2.75, 3.05) is 32.7 Å². The highest BCUT2D eigenvalue weighted by Gasteiger charge is 2.27. The molecule has 1 aliphatic rings. The van der Waals surface area contributed by atoms with E-state index in [9.17, 15) is 9.59 Å². The van der Waals surface area contributed by atoms with Crippen molar-refractivity contribution in [3.63, 3.8) is 0 Å². The smallest absolute Gasteiger partial charge is 0.264 e. The Bertz CT molecular complexity index is 1280. The van der Waals surface area contributed by atoms with Crippen molar-refractivity contribution in [2.24, 2.45) is 0 Å². The molecule has 4 rings (SSSR count). The molecule has 0 radical (unpaired) electrons. The van der Waals surface area contributed by atoms with Gasteiger partial charge in [-0.25, -0.2) is 0 Å². The van der Waals surface area contributed by atoms with Crippen molar-refractivity contribution in [1.82, 2.24) is 5.32 Å². The highest BCUT2D eigenvalue weighted by Crippen LogP contribution is 2.42. The first-order valence-electron chi connectivity index (χ1n) is 11.3. The molecule has 35 heavy (non-hydrogen) atoms. The van der Waals surface area contributed by atoms with Crippen LogP contribution in [0.3, 0.4) is 0 Å². The molecule has 1 N–H and O–H groups in total. The number of carbonyl (C=O) groups is 2. The first kappa shape index (κ1) is 24.4. The minimum Gasteiger partial charge on any atom is -0.493 e. The quantitative estimate of drug-likeness (QED) is 0.469. The Morgan fingerprint density at radius 3 is 2.46 bits per heavy atom. The maximum absolute atomic E-state index is 13.0. The molecule has 1 heterocycles. The van der Waals surface area contributed by atoms with Crippen LogP contribution < -0.4 is 19.7 Å². The normalized spacial score (nSPS) is 14.0. The molecule has 0 unspecified atom stereocenters. The first-order chi connectivity index (χ1) is 16.9. The van der Waals surface area contributed by atoms with Crippen molar-refractivity contribution in [3.8, 4) is 11.5 Å². The van der Waals surface area contributed by atoms with Gasteiger partial charge in [-0.05, 0) is 60.9 Å². The zero-order valence-corrected chi connectivity index (χ0v) is 21.1. The van der Waals surface area contributed by atoms with E-state index in [-0.39, 0.29) is 11.8 Å². The fourth-order valence-electron chi connectivity index (χ4n) is 3.81. The minimum absolute atomic E-state index is 0.0888. The van der Waals surface area contributed by atoms with Gasteiger partial charge in [-0.15, -0.1) is 0 Å². The summed E-state index contributed by atoms with van der Waals surface area (Å²) >= 11 is 1.43. The van der Waals surface area contributed by atoms with Gasteiger partial charge in [0.25, 0.3) is 11.8 Å². The van der Waals surface area contributed by atoms with Crippen LogP contribution >= 0.6 is 11.8 Å². The number of nitrogens with one attached hydrogen (secondary N) is 1. The van der Waals surface area contributed by atoms with Gasteiger partial charge in [0.05, 0.1) is 24.8 Å². The van der Waals surface area contributed by atoms with Crippen LogP contribution in [0.1, 0.15) is 27.0 Å². The number of methoxy groups -OCH3 is 2. The number of anilines is 1. The number of hydrogen-bond donors (Lipinski definition) is 1. The standard InChI is InChI=1S/C28H28N2O4S/c1-18-5-7-19(8-6-18)16-26-28(32)30(2)22-17-21(10-12-25(22)35-26)27(31)29-14-13-20-9-11-23(33-3)24(15-20)34-4/h5-12,15-17H,13-14H2,1-4H3,(H,29,31)/b26-16-. The van der Waals surface area contributed by atoms with Crippen LogP contribution in [0, 0.1) is 6.92 Å². The SMILES string of the molecule is COc1ccc(CCNC(=O)c2ccc3c(c2)N(C)C(=O)/C(=C/c2ccc(C)cc2)S3)cc1OC. The number of ether oxygens (including phenoxy) is 2. The third kappa shape index (κ3) is 5.52. The van der Waals surface area contributed by atoms with Crippen LogP contribution in [0.4, 0.5) is 5.69 Å². The Balaban J connectivity index is 1.43. The van der Waals surface area contributed by atoms with Gasteiger partial charge < -0.3 is 19.7 Å². The van der Waals surface area contributed by atoms with Crippen molar-refractivity contribution < 1.29 is 19.1 Å². The predicted molar refractivity (Wildman–Crippen MR) is 140 cm³/mol. The molecule has 3 aromatic rings. The van der Waals surface area contributed by atoms with Crippen LogP contribution in [-0.2, 0) is 11.2 Å². The lowest BCUT2D eigenvalue weighted by atomic mass is 10.1. The summed E-state index contributed by atoms with van der Waals surface area (Å²) in [6.07, 6.45) is 2.55. The van der Waals surface area contributed by atoms with Crippen molar-refractivity contribution in [3.05, 3.63) is 87.8 Å². The van der Waals surface area contributed by atoms with E-state index in [0.717, 1.165) is 21.7 Å². The Morgan fingerprint density at radius 1 is 1.00 bits per heavy atom. The molecule has 1 aliphatic heterocycles. The number of nitrogens with zero attached hydrogens (tertiary/aromatic N) is 1. The molecule has 0 spiro atoms. The van der Waals surface area contributed by atoms with E-state index >= 15 is 0 Å². The lowest BCUT2D eigenvalue weighted by molar-refractivity contribution is -0.114. The molecular formula is C28H28N2O4S. The van der Waals surface area contributed by atoms with Gasteiger partial charge in [-0.1, -0.05) is 47.7 Å². The van der Waals surface area contributed by atoms with E-state index < -0.39 is 0 Å². The van der Waals surface area contributed by atoms with E-state index in [1.807, 2.05) is 61.5 Å². The van der Waals surface area contributed by atoms with Crippen LogP contribution in [0.2, 0.25) is 0 Å². The molecule has 180 valence electrons. The van der Waals surface area contributed by atoms with Crippen molar-refractivity contribution >= 4 is 35.3 Å². The summed E-state index contributed by atoms with van der Waals surface area (Å²) < 4.78 is 10.6. The number of amides is 2. The summed E-state index contributed by atoms with van der Waals surface area (Å²) in [5.41, 5.74) is 4.43. The van der Waals surface area contributed by atoms with E-state index in [0.29, 0.717) is 34.9 Å². The van der Waals surface area contributed by atoms with Crippen LogP contribution in [0.5, 0.6) is 11.5 Å². The van der Waals surface area contributed by atoms with Gasteiger partial charge in [0.2, 0.25) is 0 Å². The summed E-state index contributed by atoms with van der Waals surface area (Å²) in [7, 11) is 4.93. The lowest BCUT2D eigenvalue weighted by Gasteiger charge is -2.27. The molecular weight excluding hydrogens is 460 g/mol. The summed E-state index contributed by atoms with van der Waals surface area (Å²) in [5.74, 6) is 1.06. The molecule has 7 heteroatoms. The zero-order chi connectivity index (χ0) is 24.9. The monoisotopic (exact) mass is 488 g/mol. The maximum atomic E-state index is 13.0. The molecule has 6 nitrogen and oxygen atoms in total. The lowest BCUT2D eigenvalue weighted by Crippen LogP contribution is -2.31. The topological polar surface area (TPSA) is 67.9 Å². The molecule has 0 saturated heterocycles. The number of benzene rings is 3. The minimum atomic E-state index is -0.180. The molecule has 0 fully saturated rings. The molecule has 0 atom stereocenters. The molecule has 0 aliphatic carbocycles. The zero-order valence-electron chi connectivity index (χ0n) is 20.3. The fraction of sp³-hybridized carbons (Fsp3) is 0.214. The second-order valence-corrected chi connectivity index (χ2v) is 9.35. The number of fused-ring (bicyclic) bond motifs is 1. The van der Waals surface area contributed by atoms with Crippen molar-refractivity contribution in [2.45, 2.75) is 18.2 Å². The maximum Gasteiger partial charge on any atom is 0.264 e. The Kier molecular flexibility index (Phi) is 7.46. The largest absolute Gasteiger partial charge is 0.493 e. The number of rotatable bonds is 7. The van der Waals surface area contributed by atoms with Gasteiger partial charge in [0.15, 0.2) is 11.5 Å². The number of carbonyl (C=O) groups excluding carboxylic acids is 2. The van der Waals surface area contributed by atoms with Crippen LogP contribution in [0.15, 0.2) is 70.5 Å². The summed E-state index contributed by atoms with van der Waals surface area (Å²) in [5, 5.41) is 2.96. The van der Waals surface area contributed by atoms with E-state index in [1.165, 1.54) is 17.3 Å².